The minimum atomic E-state index is -1.68. The number of para-hydroxylation sites is 2. The molecule has 3 aromatic rings. The van der Waals surface area contributed by atoms with Gasteiger partial charge in [0.15, 0.2) is 17.5 Å². The van der Waals surface area contributed by atoms with Crippen LogP contribution in [0, 0.1) is 17.5 Å². The maximum Gasteiger partial charge on any atom is 0.243 e. The van der Waals surface area contributed by atoms with E-state index in [1.807, 2.05) is 24.3 Å². The molecule has 1 aromatic heterocycles. The van der Waals surface area contributed by atoms with E-state index >= 15 is 0 Å². The molecular formula is C18H15F3N4O2. The molecular weight excluding hydrogens is 361 g/mol. The lowest BCUT2D eigenvalue weighted by Gasteiger charge is -2.08. The largest absolute Gasteiger partial charge is 0.347 e. The third kappa shape index (κ3) is 4.43. The normalized spacial score (nSPS) is 10.8. The van der Waals surface area contributed by atoms with Crippen molar-refractivity contribution in [1.29, 1.82) is 0 Å². The van der Waals surface area contributed by atoms with E-state index in [1.54, 1.807) is 0 Å². The van der Waals surface area contributed by atoms with Crippen molar-refractivity contribution in [2.75, 3.05) is 11.9 Å². The number of benzene rings is 2. The summed E-state index contributed by atoms with van der Waals surface area (Å²) in [6, 6.07) is 9.03. The van der Waals surface area contributed by atoms with E-state index in [0.717, 1.165) is 17.1 Å². The number of hydrogen-bond acceptors (Lipinski definition) is 3. The highest BCUT2D eigenvalue weighted by Crippen LogP contribution is 2.19. The summed E-state index contributed by atoms with van der Waals surface area (Å²) in [6.07, 6.45) is 0.437. The van der Waals surface area contributed by atoms with Crippen LogP contribution in [-0.4, -0.2) is 28.3 Å². The van der Waals surface area contributed by atoms with Crippen LogP contribution in [0.5, 0.6) is 0 Å². The van der Waals surface area contributed by atoms with Gasteiger partial charge in [0.1, 0.15) is 5.82 Å². The number of imidazole rings is 1. The van der Waals surface area contributed by atoms with E-state index in [9.17, 15) is 22.8 Å². The van der Waals surface area contributed by atoms with E-state index in [4.69, 9.17) is 0 Å². The maximum atomic E-state index is 13.5. The Bertz CT molecular complexity index is 970. The molecule has 140 valence electrons. The Morgan fingerprint density at radius 1 is 1.00 bits per heavy atom. The first kappa shape index (κ1) is 18.4. The van der Waals surface area contributed by atoms with Crippen LogP contribution < -0.4 is 10.6 Å². The number of halogens is 3. The van der Waals surface area contributed by atoms with Crippen LogP contribution >= 0.6 is 0 Å². The average Bonchev–Trinajstić information content (AvgIpc) is 3.08. The Morgan fingerprint density at radius 2 is 1.78 bits per heavy atom. The third-order valence-electron chi connectivity index (χ3n) is 3.78. The summed E-state index contributed by atoms with van der Waals surface area (Å²) in [6.45, 7) is -0.433. The Kier molecular flexibility index (Phi) is 5.39. The topological polar surface area (TPSA) is 86.9 Å². The smallest absolute Gasteiger partial charge is 0.243 e. The number of fused-ring (bicyclic) bond motifs is 1. The van der Waals surface area contributed by atoms with Crippen LogP contribution in [0.1, 0.15) is 12.2 Å². The molecule has 0 aliphatic carbocycles. The molecule has 0 fully saturated rings. The number of nitrogens with one attached hydrogen (secondary N) is 3. The van der Waals surface area contributed by atoms with Crippen molar-refractivity contribution in [1.82, 2.24) is 15.3 Å². The lowest BCUT2D eigenvalue weighted by Crippen LogP contribution is -2.33. The number of carbonyl (C=O) groups excluding carboxylic acids is 2. The van der Waals surface area contributed by atoms with Crippen LogP contribution in [0.25, 0.3) is 11.0 Å². The number of aromatic nitrogens is 2. The minimum absolute atomic E-state index is 0.0899. The van der Waals surface area contributed by atoms with E-state index in [1.165, 1.54) is 0 Å². The summed E-state index contributed by atoms with van der Waals surface area (Å²) < 4.78 is 39.5. The second kappa shape index (κ2) is 7.90. The van der Waals surface area contributed by atoms with Crippen molar-refractivity contribution < 1.29 is 22.8 Å². The van der Waals surface area contributed by atoms with Crippen LogP contribution in [-0.2, 0) is 16.0 Å². The van der Waals surface area contributed by atoms with Crippen molar-refractivity contribution in [2.45, 2.75) is 12.8 Å². The molecule has 3 rings (SSSR count). The minimum Gasteiger partial charge on any atom is -0.347 e. The lowest BCUT2D eigenvalue weighted by atomic mass is 10.2. The molecule has 6 nitrogen and oxygen atoms in total. The predicted octanol–water partition coefficient (Wildman–Crippen LogP) is 2.67. The Labute approximate surface area is 151 Å². The monoisotopic (exact) mass is 376 g/mol. The van der Waals surface area contributed by atoms with Gasteiger partial charge >= 0.3 is 0 Å². The fourth-order valence-corrected chi connectivity index (χ4v) is 2.44. The van der Waals surface area contributed by atoms with E-state index in [0.29, 0.717) is 18.3 Å². The van der Waals surface area contributed by atoms with Gasteiger partial charge in [0, 0.05) is 12.8 Å². The summed E-state index contributed by atoms with van der Waals surface area (Å²) in [4.78, 5) is 31.0. The molecule has 0 aliphatic heterocycles. The number of aromatic amines is 1. The highest BCUT2D eigenvalue weighted by molar-refractivity contribution is 5.94. The first-order chi connectivity index (χ1) is 12.9. The van der Waals surface area contributed by atoms with Crippen molar-refractivity contribution in [2.24, 2.45) is 0 Å². The lowest BCUT2D eigenvalue weighted by molar-refractivity contribution is -0.124. The Morgan fingerprint density at radius 3 is 2.56 bits per heavy atom. The second-order valence-electron chi connectivity index (χ2n) is 5.75. The van der Waals surface area contributed by atoms with Crippen molar-refractivity contribution in [3.05, 3.63) is 59.7 Å². The number of aryl methyl sites for hydroxylation is 1. The van der Waals surface area contributed by atoms with Crippen LogP contribution in [0.2, 0.25) is 0 Å². The zero-order chi connectivity index (χ0) is 19.4. The van der Waals surface area contributed by atoms with Crippen LogP contribution in [0.4, 0.5) is 18.9 Å². The fraction of sp³-hybridized carbons (Fsp3) is 0.167. The third-order valence-corrected chi connectivity index (χ3v) is 3.78. The number of rotatable bonds is 6. The summed E-state index contributed by atoms with van der Waals surface area (Å²) in [5, 5.41) is 4.44. The number of amides is 2. The molecule has 0 saturated carbocycles. The van der Waals surface area contributed by atoms with Gasteiger partial charge in [0.25, 0.3) is 0 Å². The summed E-state index contributed by atoms with van der Waals surface area (Å²) in [5.41, 5.74) is 1.15. The van der Waals surface area contributed by atoms with Crippen molar-refractivity contribution >= 4 is 28.5 Å². The van der Waals surface area contributed by atoms with Gasteiger partial charge in [-0.05, 0) is 24.3 Å². The number of carbonyl (C=O) groups is 2. The summed E-state index contributed by atoms with van der Waals surface area (Å²) in [5.74, 6) is -5.07. The molecule has 2 aromatic carbocycles. The highest BCUT2D eigenvalue weighted by atomic mass is 19.2. The van der Waals surface area contributed by atoms with Crippen LogP contribution in [0.3, 0.4) is 0 Å². The van der Waals surface area contributed by atoms with Gasteiger partial charge in [0.05, 0.1) is 23.3 Å². The van der Waals surface area contributed by atoms with E-state index in [2.05, 4.69) is 20.6 Å². The molecule has 9 heteroatoms. The van der Waals surface area contributed by atoms with Gasteiger partial charge in [-0.1, -0.05) is 12.1 Å². The van der Waals surface area contributed by atoms with Gasteiger partial charge in [-0.15, -0.1) is 0 Å². The molecule has 2 amide bonds. The maximum absolute atomic E-state index is 13.5. The SMILES string of the molecule is O=C(CCc1nc2ccccc2[nH]1)NCC(=O)Nc1ccc(F)c(F)c1F. The molecule has 0 radical (unpaired) electrons. The summed E-state index contributed by atoms with van der Waals surface area (Å²) in [7, 11) is 0. The zero-order valence-electron chi connectivity index (χ0n) is 14.0. The van der Waals surface area contributed by atoms with Gasteiger partial charge in [-0.3, -0.25) is 9.59 Å². The molecule has 3 N–H and O–H groups in total. The van der Waals surface area contributed by atoms with Gasteiger partial charge in [-0.25, -0.2) is 18.2 Å². The molecule has 27 heavy (non-hydrogen) atoms. The average molecular weight is 376 g/mol. The molecule has 0 aliphatic rings. The molecule has 0 spiro atoms. The summed E-state index contributed by atoms with van der Waals surface area (Å²) >= 11 is 0. The number of hydrogen-bond donors (Lipinski definition) is 3. The first-order valence-electron chi connectivity index (χ1n) is 8.07. The molecule has 0 bridgehead atoms. The fourth-order valence-electron chi connectivity index (χ4n) is 2.44. The molecule has 0 atom stereocenters. The van der Waals surface area contributed by atoms with Crippen molar-refractivity contribution in [3.8, 4) is 0 Å². The highest BCUT2D eigenvalue weighted by Gasteiger charge is 2.15. The number of H-pyrrole nitrogens is 1. The van der Waals surface area contributed by atoms with E-state index < -0.39 is 41.5 Å². The zero-order valence-corrected chi connectivity index (χ0v) is 14.0. The Hall–Kier alpha value is -3.36. The number of anilines is 1. The molecule has 0 unspecified atom stereocenters. The van der Waals surface area contributed by atoms with E-state index in [-0.39, 0.29) is 6.42 Å². The van der Waals surface area contributed by atoms with Crippen LogP contribution in [0.15, 0.2) is 36.4 Å². The quantitative estimate of drug-likeness (QED) is 0.578. The van der Waals surface area contributed by atoms with Crippen molar-refractivity contribution in [3.63, 3.8) is 0 Å². The molecule has 0 saturated heterocycles. The Balaban J connectivity index is 1.47. The first-order valence-corrected chi connectivity index (χ1v) is 8.07. The van der Waals surface area contributed by atoms with Gasteiger partial charge < -0.3 is 15.6 Å². The standard InChI is InChI=1S/C18H15F3N4O2/c19-10-5-6-13(18(21)17(10)20)25-16(27)9-22-15(26)8-7-14-23-11-3-1-2-4-12(11)24-14/h1-6H,7-9H2,(H,22,26)(H,23,24)(H,25,27). The number of nitrogens with zero attached hydrogens (tertiary/aromatic N) is 1. The molecule has 1 heterocycles. The van der Waals surface area contributed by atoms with Gasteiger partial charge in [-0.2, -0.15) is 0 Å². The predicted molar refractivity (Wildman–Crippen MR) is 92.4 cm³/mol. The van der Waals surface area contributed by atoms with Gasteiger partial charge in [0.2, 0.25) is 11.8 Å². The second-order valence-corrected chi connectivity index (χ2v) is 5.75.